The molecular formula is C14H16BrClN4O. The molecule has 0 fully saturated rings. The Kier molecular flexibility index (Phi) is 5.76. The summed E-state index contributed by atoms with van der Waals surface area (Å²) < 4.78 is 6.43. The van der Waals surface area contributed by atoms with Crippen LogP contribution in [0.15, 0.2) is 22.7 Å². The summed E-state index contributed by atoms with van der Waals surface area (Å²) in [6, 6.07) is 6.21. The fourth-order valence-corrected chi connectivity index (χ4v) is 2.30. The molecule has 0 spiro atoms. The average molecular weight is 372 g/mol. The van der Waals surface area contributed by atoms with Crippen LogP contribution in [0.4, 0.5) is 11.6 Å². The van der Waals surface area contributed by atoms with E-state index >= 15 is 0 Å². The van der Waals surface area contributed by atoms with Gasteiger partial charge in [0.25, 0.3) is 0 Å². The van der Waals surface area contributed by atoms with E-state index in [4.69, 9.17) is 16.3 Å². The van der Waals surface area contributed by atoms with E-state index in [1.165, 1.54) is 0 Å². The molecule has 0 amide bonds. The van der Waals surface area contributed by atoms with Crippen LogP contribution in [0.3, 0.4) is 0 Å². The number of nitrogens with zero attached hydrogens (tertiary/aromatic N) is 3. The Labute approximate surface area is 137 Å². The highest BCUT2D eigenvalue weighted by Gasteiger charge is 2.08. The van der Waals surface area contributed by atoms with E-state index in [0.29, 0.717) is 12.6 Å². The van der Waals surface area contributed by atoms with Crippen LogP contribution < -0.4 is 10.1 Å². The number of hydrogen-bond donors (Lipinski definition) is 1. The molecule has 0 saturated carbocycles. The molecule has 112 valence electrons. The maximum Gasteiger partial charge on any atom is 0.322 e. The Morgan fingerprint density at radius 2 is 2.05 bits per heavy atom. The summed E-state index contributed by atoms with van der Waals surface area (Å²) in [4.78, 5) is 12.2. The van der Waals surface area contributed by atoms with Gasteiger partial charge < -0.3 is 10.1 Å². The van der Waals surface area contributed by atoms with Crippen LogP contribution in [0.2, 0.25) is 5.28 Å². The van der Waals surface area contributed by atoms with E-state index < -0.39 is 0 Å². The first kappa shape index (κ1) is 16.0. The van der Waals surface area contributed by atoms with Crippen molar-refractivity contribution in [2.75, 3.05) is 11.9 Å². The van der Waals surface area contributed by atoms with Gasteiger partial charge in [0.05, 0.1) is 6.61 Å². The van der Waals surface area contributed by atoms with E-state index in [-0.39, 0.29) is 11.3 Å². The zero-order valence-corrected chi connectivity index (χ0v) is 14.2. The van der Waals surface area contributed by atoms with Crippen molar-refractivity contribution in [3.05, 3.63) is 33.5 Å². The topological polar surface area (TPSA) is 59.9 Å². The number of hydrogen-bond acceptors (Lipinski definition) is 5. The molecule has 5 nitrogen and oxygen atoms in total. The molecule has 1 aromatic carbocycles. The Morgan fingerprint density at radius 1 is 1.24 bits per heavy atom. The fourth-order valence-electron chi connectivity index (χ4n) is 1.74. The number of aromatic nitrogens is 3. The quantitative estimate of drug-likeness (QED) is 0.816. The van der Waals surface area contributed by atoms with Crippen molar-refractivity contribution >= 4 is 39.2 Å². The summed E-state index contributed by atoms with van der Waals surface area (Å²) in [5, 5.41) is 3.27. The third-order valence-corrected chi connectivity index (χ3v) is 3.38. The molecule has 21 heavy (non-hydrogen) atoms. The van der Waals surface area contributed by atoms with Crippen molar-refractivity contribution in [1.29, 1.82) is 0 Å². The van der Waals surface area contributed by atoms with Gasteiger partial charge in [0.15, 0.2) is 0 Å². The standard InChI is InChI=1S/C14H16BrClN4O/c1-3-7-21-14-19-12(16)18-13(20-14)17-11-6-5-10(15)8-9(11)4-2/h5-6,8H,3-4,7H2,1-2H3,(H,17,18,19,20). The van der Waals surface area contributed by atoms with Crippen LogP contribution in [0.25, 0.3) is 0 Å². The van der Waals surface area contributed by atoms with Crippen molar-refractivity contribution < 1.29 is 4.74 Å². The van der Waals surface area contributed by atoms with Crippen LogP contribution in [0.1, 0.15) is 25.8 Å². The van der Waals surface area contributed by atoms with Gasteiger partial charge in [-0.25, -0.2) is 0 Å². The number of nitrogens with one attached hydrogen (secondary N) is 1. The fraction of sp³-hybridized carbons (Fsp3) is 0.357. The van der Waals surface area contributed by atoms with Gasteiger partial charge in [0, 0.05) is 10.2 Å². The van der Waals surface area contributed by atoms with E-state index in [2.05, 4.69) is 49.2 Å². The van der Waals surface area contributed by atoms with Gasteiger partial charge in [0.2, 0.25) is 11.2 Å². The van der Waals surface area contributed by atoms with Crippen LogP contribution in [0, 0.1) is 0 Å². The van der Waals surface area contributed by atoms with E-state index in [0.717, 1.165) is 28.6 Å². The maximum atomic E-state index is 5.90. The first-order valence-corrected chi connectivity index (χ1v) is 7.89. The minimum Gasteiger partial charge on any atom is -0.463 e. The van der Waals surface area contributed by atoms with Crippen molar-refractivity contribution in [3.63, 3.8) is 0 Å². The predicted molar refractivity (Wildman–Crippen MR) is 87.4 cm³/mol. The number of rotatable bonds is 6. The number of anilines is 2. The van der Waals surface area contributed by atoms with Gasteiger partial charge in [-0.2, -0.15) is 15.0 Å². The molecule has 0 aliphatic heterocycles. The lowest BCUT2D eigenvalue weighted by molar-refractivity contribution is 0.292. The van der Waals surface area contributed by atoms with Crippen molar-refractivity contribution in [3.8, 4) is 6.01 Å². The minimum absolute atomic E-state index is 0.105. The first-order valence-electron chi connectivity index (χ1n) is 6.72. The van der Waals surface area contributed by atoms with Crippen LogP contribution in [0.5, 0.6) is 6.01 Å². The summed E-state index contributed by atoms with van der Waals surface area (Å²) in [5.74, 6) is 0.373. The van der Waals surface area contributed by atoms with Crippen LogP contribution in [-0.4, -0.2) is 21.6 Å². The summed E-state index contributed by atoms with van der Waals surface area (Å²) >= 11 is 9.37. The van der Waals surface area contributed by atoms with Gasteiger partial charge in [-0.1, -0.05) is 29.8 Å². The van der Waals surface area contributed by atoms with Crippen molar-refractivity contribution in [1.82, 2.24) is 15.0 Å². The molecule has 0 aliphatic carbocycles. The second-order valence-corrected chi connectivity index (χ2v) is 5.59. The third kappa shape index (κ3) is 4.54. The molecule has 0 aliphatic rings. The number of halogens is 2. The highest BCUT2D eigenvalue weighted by molar-refractivity contribution is 9.10. The van der Waals surface area contributed by atoms with E-state index in [1.54, 1.807) is 0 Å². The maximum absolute atomic E-state index is 5.90. The average Bonchev–Trinajstić information content (AvgIpc) is 2.46. The van der Waals surface area contributed by atoms with Gasteiger partial charge >= 0.3 is 6.01 Å². The number of benzene rings is 1. The molecule has 2 aromatic rings. The first-order chi connectivity index (χ1) is 10.1. The Balaban J connectivity index is 2.24. The molecule has 7 heteroatoms. The molecule has 1 heterocycles. The molecule has 0 atom stereocenters. The highest BCUT2D eigenvalue weighted by atomic mass is 79.9. The minimum atomic E-state index is 0.105. The zero-order chi connectivity index (χ0) is 15.2. The SMILES string of the molecule is CCCOc1nc(Cl)nc(Nc2ccc(Br)cc2CC)n1. The Morgan fingerprint density at radius 3 is 2.76 bits per heavy atom. The monoisotopic (exact) mass is 370 g/mol. The largest absolute Gasteiger partial charge is 0.463 e. The van der Waals surface area contributed by atoms with Crippen molar-refractivity contribution in [2.24, 2.45) is 0 Å². The molecule has 0 bridgehead atoms. The van der Waals surface area contributed by atoms with Crippen LogP contribution in [-0.2, 0) is 6.42 Å². The van der Waals surface area contributed by atoms with Gasteiger partial charge in [-0.3, -0.25) is 0 Å². The normalized spacial score (nSPS) is 10.5. The second kappa shape index (κ2) is 7.56. The molecular weight excluding hydrogens is 356 g/mol. The smallest absolute Gasteiger partial charge is 0.322 e. The van der Waals surface area contributed by atoms with Gasteiger partial charge in [-0.05, 0) is 48.2 Å². The van der Waals surface area contributed by atoms with Gasteiger partial charge in [0.1, 0.15) is 0 Å². The number of aryl methyl sites for hydroxylation is 1. The second-order valence-electron chi connectivity index (χ2n) is 4.34. The Bertz CT molecular complexity index is 624. The summed E-state index contributed by atoms with van der Waals surface area (Å²) in [5.41, 5.74) is 2.08. The lowest BCUT2D eigenvalue weighted by atomic mass is 10.1. The molecule has 0 unspecified atom stereocenters. The summed E-state index contributed by atoms with van der Waals surface area (Å²) in [7, 11) is 0. The van der Waals surface area contributed by atoms with Gasteiger partial charge in [-0.15, -0.1) is 0 Å². The van der Waals surface area contributed by atoms with E-state index in [9.17, 15) is 0 Å². The molecule has 1 N–H and O–H groups in total. The number of ether oxygens (including phenoxy) is 1. The predicted octanol–water partition coefficient (Wildman–Crippen LogP) is 4.38. The molecule has 0 saturated heterocycles. The Hall–Kier alpha value is -1.40. The molecule has 0 radical (unpaired) electrons. The summed E-state index contributed by atoms with van der Waals surface area (Å²) in [6.45, 7) is 4.64. The lowest BCUT2D eigenvalue weighted by Gasteiger charge is -2.11. The summed E-state index contributed by atoms with van der Waals surface area (Å²) in [6.07, 6.45) is 1.76. The van der Waals surface area contributed by atoms with Crippen molar-refractivity contribution in [2.45, 2.75) is 26.7 Å². The molecule has 1 aromatic heterocycles. The highest BCUT2D eigenvalue weighted by Crippen LogP contribution is 2.24. The lowest BCUT2D eigenvalue weighted by Crippen LogP contribution is -2.05. The molecule has 2 rings (SSSR count). The third-order valence-electron chi connectivity index (χ3n) is 2.72. The zero-order valence-electron chi connectivity index (χ0n) is 11.9. The van der Waals surface area contributed by atoms with Crippen LogP contribution >= 0.6 is 27.5 Å². The van der Waals surface area contributed by atoms with E-state index in [1.807, 2.05) is 19.1 Å².